The van der Waals surface area contributed by atoms with Gasteiger partial charge >= 0.3 is 0 Å². The summed E-state index contributed by atoms with van der Waals surface area (Å²) in [6.07, 6.45) is 2.72. The van der Waals surface area contributed by atoms with Crippen LogP contribution in [0.3, 0.4) is 0 Å². The summed E-state index contributed by atoms with van der Waals surface area (Å²) in [4.78, 5) is 30.4. The predicted octanol–water partition coefficient (Wildman–Crippen LogP) is 3.97. The van der Waals surface area contributed by atoms with Crippen LogP contribution in [0.5, 0.6) is 0 Å². The number of thiazole rings is 1. The van der Waals surface area contributed by atoms with Gasteiger partial charge in [0.1, 0.15) is 11.5 Å². The molecule has 0 radical (unpaired) electrons. The van der Waals surface area contributed by atoms with Gasteiger partial charge in [-0.25, -0.2) is 22.8 Å². The summed E-state index contributed by atoms with van der Waals surface area (Å²) >= 11 is 1.43. The number of halogens is 1. The van der Waals surface area contributed by atoms with Gasteiger partial charge in [0.15, 0.2) is 9.84 Å². The van der Waals surface area contributed by atoms with Crippen molar-refractivity contribution in [1.82, 2.24) is 24.8 Å². The topological polar surface area (TPSA) is 122 Å². The van der Waals surface area contributed by atoms with E-state index in [0.717, 1.165) is 37.3 Å². The van der Waals surface area contributed by atoms with Gasteiger partial charge in [0.2, 0.25) is 5.95 Å². The molecule has 1 saturated heterocycles. The monoisotopic (exact) mass is 605 g/mol. The van der Waals surface area contributed by atoms with E-state index >= 15 is 4.39 Å². The number of pyridine rings is 1. The van der Waals surface area contributed by atoms with Gasteiger partial charge in [-0.1, -0.05) is 18.2 Å². The predicted molar refractivity (Wildman–Crippen MR) is 163 cm³/mol. The number of anilines is 3. The van der Waals surface area contributed by atoms with Crippen LogP contribution in [-0.2, 0) is 16.4 Å². The summed E-state index contributed by atoms with van der Waals surface area (Å²) in [7, 11) is -3.56. The fourth-order valence-corrected chi connectivity index (χ4v) is 6.67. The maximum atomic E-state index is 15.1. The molecule has 2 N–H and O–H groups in total. The van der Waals surface area contributed by atoms with Gasteiger partial charge in [0, 0.05) is 54.6 Å². The molecule has 5 aromatic rings. The second-order valence-electron chi connectivity index (χ2n) is 10.1. The lowest BCUT2D eigenvalue weighted by molar-refractivity contribution is 0.566. The summed E-state index contributed by atoms with van der Waals surface area (Å²) in [6.45, 7) is 4.88. The number of fused-ring (bicyclic) bond motifs is 1. The Kier molecular flexibility index (Phi) is 7.47. The van der Waals surface area contributed by atoms with Crippen LogP contribution in [0, 0.1) is 12.7 Å². The van der Waals surface area contributed by atoms with E-state index in [1.165, 1.54) is 28.0 Å². The van der Waals surface area contributed by atoms with Gasteiger partial charge in [-0.15, -0.1) is 11.3 Å². The Morgan fingerprint density at radius 2 is 1.88 bits per heavy atom. The van der Waals surface area contributed by atoms with Gasteiger partial charge in [0.05, 0.1) is 33.9 Å². The zero-order chi connectivity index (χ0) is 29.4. The first-order valence-electron chi connectivity index (χ1n) is 13.3. The molecular weight excluding hydrogens is 577 g/mol. The number of aryl methyl sites for hydroxylation is 1. The van der Waals surface area contributed by atoms with E-state index in [-0.39, 0.29) is 28.8 Å². The van der Waals surface area contributed by atoms with Crippen LogP contribution < -0.4 is 21.1 Å². The Labute approximate surface area is 245 Å². The maximum absolute atomic E-state index is 15.1. The number of nitrogens with zero attached hydrogens (tertiary/aromatic N) is 5. The normalized spacial score (nSPS) is 13.9. The number of hydrogen-bond donors (Lipinski definition) is 2. The van der Waals surface area contributed by atoms with E-state index < -0.39 is 9.84 Å². The Morgan fingerprint density at radius 3 is 2.60 bits per heavy atom. The van der Waals surface area contributed by atoms with Crippen molar-refractivity contribution >= 4 is 49.5 Å². The summed E-state index contributed by atoms with van der Waals surface area (Å²) in [5.41, 5.74) is 3.97. The van der Waals surface area contributed by atoms with Gasteiger partial charge < -0.3 is 15.5 Å². The van der Waals surface area contributed by atoms with E-state index in [9.17, 15) is 13.2 Å². The van der Waals surface area contributed by atoms with Crippen LogP contribution in [-0.4, -0.2) is 60.4 Å². The van der Waals surface area contributed by atoms with E-state index in [1.807, 2.05) is 11.8 Å². The fraction of sp³-hybridized carbons (Fsp3) is 0.241. The zero-order valence-electron chi connectivity index (χ0n) is 23.0. The van der Waals surface area contributed by atoms with E-state index in [1.54, 1.807) is 48.1 Å². The summed E-state index contributed by atoms with van der Waals surface area (Å²) in [5, 5.41) is 6.88. The summed E-state index contributed by atoms with van der Waals surface area (Å²) < 4.78 is 41.6. The van der Waals surface area contributed by atoms with E-state index in [0.29, 0.717) is 39.2 Å². The number of piperazine rings is 1. The minimum Gasteiger partial charge on any atom is -0.367 e. The fourth-order valence-electron chi connectivity index (χ4n) is 5.14. The minimum atomic E-state index is -3.56. The van der Waals surface area contributed by atoms with Gasteiger partial charge in [0.25, 0.3) is 5.56 Å². The molecule has 0 amide bonds. The summed E-state index contributed by atoms with van der Waals surface area (Å²) in [6, 6.07) is 13.2. The standard InChI is InChI=1S/C29H28FN7O3S2/c1-18-26(33-17-41-18)22-13-20-15-32-29(34-21-7-8-24(23(30)14-21)36-11-9-31-10-12-36)35-27(20)37(28(22)38)16-19-5-3-4-6-25(19)42(2,39)40/h3-8,13-15,17,31H,9-12,16H2,1-2H3,(H,32,34,35). The molecule has 0 bridgehead atoms. The van der Waals surface area contributed by atoms with Crippen LogP contribution in [0.15, 0.2) is 69.9 Å². The van der Waals surface area contributed by atoms with Crippen molar-refractivity contribution in [1.29, 1.82) is 0 Å². The first kappa shape index (κ1) is 27.9. The highest BCUT2D eigenvalue weighted by molar-refractivity contribution is 7.90. The lowest BCUT2D eigenvalue weighted by atomic mass is 10.1. The number of sulfone groups is 1. The minimum absolute atomic E-state index is 0.0416. The van der Waals surface area contributed by atoms with Crippen LogP contribution in [0.1, 0.15) is 10.4 Å². The average molecular weight is 606 g/mol. The van der Waals surface area contributed by atoms with Gasteiger partial charge in [-0.3, -0.25) is 9.36 Å². The highest BCUT2D eigenvalue weighted by atomic mass is 32.2. The molecule has 0 atom stereocenters. The van der Waals surface area contributed by atoms with Crippen LogP contribution in [0.25, 0.3) is 22.3 Å². The van der Waals surface area contributed by atoms with Gasteiger partial charge in [-0.2, -0.15) is 4.98 Å². The molecule has 1 aliphatic rings. The second kappa shape index (κ2) is 11.2. The molecule has 0 unspecified atom stereocenters. The Balaban J connectivity index is 1.43. The molecule has 2 aromatic carbocycles. The maximum Gasteiger partial charge on any atom is 0.262 e. The number of aromatic nitrogens is 4. The van der Waals surface area contributed by atoms with Crippen LogP contribution in [0.2, 0.25) is 0 Å². The number of benzene rings is 2. The van der Waals surface area contributed by atoms with Crippen molar-refractivity contribution in [3.8, 4) is 11.3 Å². The Hall–Kier alpha value is -4.20. The third-order valence-corrected chi connectivity index (χ3v) is 9.14. The first-order chi connectivity index (χ1) is 20.2. The Bertz CT molecular complexity index is 1970. The molecule has 0 aliphatic carbocycles. The number of hydrogen-bond acceptors (Lipinski definition) is 10. The highest BCUT2D eigenvalue weighted by Crippen LogP contribution is 2.28. The molecule has 10 nitrogen and oxygen atoms in total. The molecule has 13 heteroatoms. The molecule has 6 rings (SSSR count). The molecule has 42 heavy (non-hydrogen) atoms. The van der Waals surface area contributed by atoms with Crippen LogP contribution >= 0.6 is 11.3 Å². The summed E-state index contributed by atoms with van der Waals surface area (Å²) in [5.74, 6) is -0.195. The van der Waals surface area contributed by atoms with Crippen molar-refractivity contribution < 1.29 is 12.8 Å². The van der Waals surface area contributed by atoms with Crippen molar-refractivity contribution in [3.05, 3.63) is 86.8 Å². The quantitative estimate of drug-likeness (QED) is 0.284. The van der Waals surface area contributed by atoms with Crippen molar-refractivity contribution in [3.63, 3.8) is 0 Å². The molecular formula is C29H28FN7O3S2. The molecule has 0 spiro atoms. The lowest BCUT2D eigenvalue weighted by Gasteiger charge is -2.29. The highest BCUT2D eigenvalue weighted by Gasteiger charge is 2.20. The Morgan fingerprint density at radius 1 is 1.10 bits per heavy atom. The SMILES string of the molecule is Cc1scnc1-c1cc2cnc(Nc3ccc(N4CCNCC4)c(F)c3)nc2n(Cc2ccccc2S(C)(=O)=O)c1=O. The van der Waals surface area contributed by atoms with Crippen molar-refractivity contribution in [2.75, 3.05) is 42.7 Å². The third-order valence-electron chi connectivity index (χ3n) is 7.19. The molecule has 216 valence electrons. The van der Waals surface area contributed by atoms with Gasteiger partial charge in [-0.05, 0) is 42.8 Å². The third kappa shape index (κ3) is 5.50. The average Bonchev–Trinajstić information content (AvgIpc) is 3.40. The molecule has 3 aromatic heterocycles. The molecule has 1 aliphatic heterocycles. The molecule has 4 heterocycles. The van der Waals surface area contributed by atoms with E-state index in [4.69, 9.17) is 0 Å². The van der Waals surface area contributed by atoms with E-state index in [2.05, 4.69) is 25.6 Å². The first-order valence-corrected chi connectivity index (χ1v) is 16.1. The lowest BCUT2D eigenvalue weighted by Crippen LogP contribution is -2.43. The molecule has 1 fully saturated rings. The number of rotatable bonds is 7. The largest absolute Gasteiger partial charge is 0.367 e. The van der Waals surface area contributed by atoms with Crippen LogP contribution in [0.4, 0.5) is 21.7 Å². The smallest absolute Gasteiger partial charge is 0.262 e. The molecule has 0 saturated carbocycles. The van der Waals surface area contributed by atoms with Crippen molar-refractivity contribution in [2.24, 2.45) is 0 Å². The number of nitrogens with one attached hydrogen (secondary N) is 2. The zero-order valence-corrected chi connectivity index (χ0v) is 24.6. The second-order valence-corrected chi connectivity index (χ2v) is 13.1. The van der Waals surface area contributed by atoms with Crippen molar-refractivity contribution in [2.45, 2.75) is 18.4 Å².